The maximum absolute atomic E-state index is 5.13. The lowest BCUT2D eigenvalue weighted by molar-refractivity contribution is 0.278. The van der Waals surface area contributed by atoms with E-state index in [1.54, 1.807) is 33.4 Å². The molecule has 6 aliphatic carbocycles. The minimum Gasteiger partial charge on any atom is -0.228 e. The first-order valence-corrected chi connectivity index (χ1v) is 24.9. The molecular formula is C64H56N2. The van der Waals surface area contributed by atoms with Gasteiger partial charge in [-0.3, -0.25) is 0 Å². The Morgan fingerprint density at radius 1 is 0.409 bits per heavy atom. The van der Waals surface area contributed by atoms with E-state index in [-0.39, 0.29) is 10.8 Å². The quantitative estimate of drug-likeness (QED) is 0.167. The van der Waals surface area contributed by atoms with Crippen molar-refractivity contribution in [3.8, 4) is 56.2 Å². The molecule has 13 rings (SSSR count). The zero-order valence-electron chi connectivity index (χ0n) is 37.9. The summed E-state index contributed by atoms with van der Waals surface area (Å²) in [6.45, 7) is 0. The van der Waals surface area contributed by atoms with E-state index >= 15 is 0 Å². The lowest BCUT2D eigenvalue weighted by atomic mass is 9.61. The summed E-state index contributed by atoms with van der Waals surface area (Å²) in [5, 5.41) is 0. The van der Waals surface area contributed by atoms with Crippen LogP contribution in [-0.4, -0.2) is 9.97 Å². The normalized spacial score (nSPS) is 20.1. The van der Waals surface area contributed by atoms with E-state index < -0.39 is 0 Å². The molecule has 322 valence electrons. The predicted molar refractivity (Wildman–Crippen MR) is 273 cm³/mol. The lowest BCUT2D eigenvalue weighted by Crippen LogP contribution is -2.32. The number of hydrogen-bond donors (Lipinski definition) is 0. The molecule has 0 N–H and O–H groups in total. The van der Waals surface area contributed by atoms with E-state index in [9.17, 15) is 0 Å². The predicted octanol–water partition coefficient (Wildman–Crippen LogP) is 16.9. The van der Waals surface area contributed by atoms with Crippen LogP contribution in [0.15, 0.2) is 198 Å². The summed E-state index contributed by atoms with van der Waals surface area (Å²) < 4.78 is 0. The summed E-state index contributed by atoms with van der Waals surface area (Å²) >= 11 is 0. The Bertz CT molecular complexity index is 3110. The van der Waals surface area contributed by atoms with E-state index in [1.165, 1.54) is 110 Å². The van der Waals surface area contributed by atoms with E-state index in [0.29, 0.717) is 5.92 Å². The number of benzene rings is 6. The third-order valence-electron chi connectivity index (χ3n) is 16.8. The third kappa shape index (κ3) is 6.51. The summed E-state index contributed by atoms with van der Waals surface area (Å²) in [5.41, 5.74) is 25.2. The fourth-order valence-electron chi connectivity index (χ4n) is 13.6. The highest BCUT2D eigenvalue weighted by molar-refractivity contribution is 5.90. The number of allylic oxidation sites excluding steroid dienone is 8. The molecule has 1 atom stereocenters. The molecule has 2 saturated carbocycles. The molecule has 6 aromatic carbocycles. The molecule has 7 aromatic rings. The Balaban J connectivity index is 0.793. The Morgan fingerprint density at radius 2 is 0.909 bits per heavy atom. The molecule has 0 saturated heterocycles. The Labute approximate surface area is 390 Å². The summed E-state index contributed by atoms with van der Waals surface area (Å²) in [7, 11) is 0. The van der Waals surface area contributed by atoms with Gasteiger partial charge in [0, 0.05) is 33.4 Å². The van der Waals surface area contributed by atoms with Crippen molar-refractivity contribution in [3.05, 3.63) is 215 Å². The van der Waals surface area contributed by atoms with Gasteiger partial charge in [-0.25, -0.2) is 9.97 Å². The highest BCUT2D eigenvalue weighted by Gasteiger charge is 2.54. The average molecular weight is 853 g/mol. The summed E-state index contributed by atoms with van der Waals surface area (Å²) in [6.07, 6.45) is 22.6. The zero-order chi connectivity index (χ0) is 43.7. The van der Waals surface area contributed by atoms with E-state index in [1.807, 2.05) is 11.6 Å². The standard InChI is InChI=1S/C64H56N2/c1-5-15-43(16-6-1)44-25-29-48(30-26-44)60-42-61(66-62(65-60)50-17-7-2-8-18-50)49-31-27-46(28-32-49)45-21-23-47(24-22-45)51-33-34-57-53(39-51)55-41-58-54(40-59(55)64(57)37-13-4-14-38-64)52-19-9-10-20-56(52)63(58)35-11-3-12-36-63/h1-2,5-10,15-32,39-40,42,55H,3-4,11-14,33-38,41H2. The lowest BCUT2D eigenvalue weighted by Gasteiger charge is -2.42. The minimum atomic E-state index is 0.253. The molecule has 0 bridgehead atoms. The summed E-state index contributed by atoms with van der Waals surface area (Å²) in [5.74, 6) is 1.27. The largest absolute Gasteiger partial charge is 0.228 e. The molecule has 2 fully saturated rings. The SMILES string of the molecule is C1=C(c2ccc(-c3ccc(-c4cc(-c5ccc(-c6ccccc6)cc5)nc(-c5ccccc5)n4)cc3)cc2)CCC2=C1C1CC3=C(C=C1C21CCCCC1)c1ccccc1C31CCCCC1. The number of rotatable bonds is 6. The molecule has 0 amide bonds. The fraction of sp³-hybridized carbons (Fsp3) is 0.250. The van der Waals surface area contributed by atoms with Crippen molar-refractivity contribution in [3.63, 3.8) is 0 Å². The van der Waals surface area contributed by atoms with Gasteiger partial charge in [0.25, 0.3) is 0 Å². The molecule has 2 spiro atoms. The van der Waals surface area contributed by atoms with Crippen LogP contribution >= 0.6 is 0 Å². The van der Waals surface area contributed by atoms with E-state index in [4.69, 9.17) is 9.97 Å². The monoisotopic (exact) mass is 852 g/mol. The van der Waals surface area contributed by atoms with Gasteiger partial charge in [-0.15, -0.1) is 0 Å². The zero-order valence-corrected chi connectivity index (χ0v) is 37.9. The van der Waals surface area contributed by atoms with Crippen LogP contribution in [0, 0.1) is 11.3 Å². The van der Waals surface area contributed by atoms with Crippen LogP contribution in [0.25, 0.3) is 67.3 Å². The van der Waals surface area contributed by atoms with Crippen molar-refractivity contribution in [1.29, 1.82) is 0 Å². The number of nitrogens with zero attached hydrogens (tertiary/aromatic N) is 2. The summed E-state index contributed by atoms with van der Waals surface area (Å²) in [4.78, 5) is 10.2. The van der Waals surface area contributed by atoms with Gasteiger partial charge in [-0.2, -0.15) is 0 Å². The first kappa shape index (κ1) is 39.7. The van der Waals surface area contributed by atoms with E-state index in [2.05, 4.69) is 170 Å². The van der Waals surface area contributed by atoms with Crippen molar-refractivity contribution >= 4 is 11.1 Å². The number of hydrogen-bond acceptors (Lipinski definition) is 2. The molecule has 66 heavy (non-hydrogen) atoms. The minimum absolute atomic E-state index is 0.253. The molecule has 2 nitrogen and oxygen atoms in total. The van der Waals surface area contributed by atoms with Gasteiger partial charge < -0.3 is 0 Å². The van der Waals surface area contributed by atoms with Crippen LogP contribution in [0.3, 0.4) is 0 Å². The van der Waals surface area contributed by atoms with Gasteiger partial charge in [0.15, 0.2) is 5.82 Å². The van der Waals surface area contributed by atoms with E-state index in [0.717, 1.165) is 40.3 Å². The Hall–Kier alpha value is -6.64. The van der Waals surface area contributed by atoms with Crippen molar-refractivity contribution in [2.75, 3.05) is 0 Å². The van der Waals surface area contributed by atoms with Crippen LogP contribution in [0.1, 0.15) is 100 Å². The number of aromatic nitrogens is 2. The second kappa shape index (κ2) is 16.1. The van der Waals surface area contributed by atoms with Crippen LogP contribution in [0.2, 0.25) is 0 Å². The third-order valence-corrected chi connectivity index (χ3v) is 16.8. The fourth-order valence-corrected chi connectivity index (χ4v) is 13.6. The van der Waals surface area contributed by atoms with Crippen molar-refractivity contribution < 1.29 is 0 Å². The second-order valence-corrected chi connectivity index (χ2v) is 20.1. The molecule has 2 heteroatoms. The Kier molecular flexibility index (Phi) is 9.66. The van der Waals surface area contributed by atoms with Crippen molar-refractivity contribution in [1.82, 2.24) is 9.97 Å². The molecule has 0 aliphatic heterocycles. The smallest absolute Gasteiger partial charge is 0.160 e. The van der Waals surface area contributed by atoms with Gasteiger partial charge in [-0.05, 0) is 107 Å². The van der Waals surface area contributed by atoms with Crippen LogP contribution in [-0.2, 0) is 5.41 Å². The van der Waals surface area contributed by atoms with Gasteiger partial charge in [0.2, 0.25) is 0 Å². The maximum Gasteiger partial charge on any atom is 0.160 e. The molecular weight excluding hydrogens is 797 g/mol. The molecule has 1 heterocycles. The second-order valence-electron chi connectivity index (χ2n) is 20.1. The van der Waals surface area contributed by atoms with Crippen molar-refractivity contribution in [2.24, 2.45) is 11.3 Å². The number of fused-ring (bicyclic) bond motifs is 8. The topological polar surface area (TPSA) is 25.8 Å². The van der Waals surface area contributed by atoms with Gasteiger partial charge in [0.05, 0.1) is 11.4 Å². The molecule has 6 aliphatic rings. The highest BCUT2D eigenvalue weighted by atomic mass is 14.9. The first-order chi connectivity index (χ1) is 32.6. The Morgan fingerprint density at radius 3 is 1.52 bits per heavy atom. The average Bonchev–Trinajstić information content (AvgIpc) is 3.80. The molecule has 1 aromatic heterocycles. The highest BCUT2D eigenvalue weighted by Crippen LogP contribution is 2.67. The first-order valence-electron chi connectivity index (χ1n) is 24.9. The van der Waals surface area contributed by atoms with Crippen LogP contribution in [0.4, 0.5) is 0 Å². The van der Waals surface area contributed by atoms with Gasteiger partial charge in [-0.1, -0.05) is 225 Å². The van der Waals surface area contributed by atoms with Crippen molar-refractivity contribution in [2.45, 2.75) is 88.9 Å². The van der Waals surface area contributed by atoms with Gasteiger partial charge >= 0.3 is 0 Å². The van der Waals surface area contributed by atoms with Crippen LogP contribution < -0.4 is 0 Å². The maximum atomic E-state index is 5.13. The van der Waals surface area contributed by atoms with Gasteiger partial charge in [0.1, 0.15) is 0 Å². The summed E-state index contributed by atoms with van der Waals surface area (Å²) in [6, 6.07) is 59.7. The molecule has 1 unspecified atom stereocenters. The molecule has 0 radical (unpaired) electrons. The van der Waals surface area contributed by atoms with Crippen LogP contribution in [0.5, 0.6) is 0 Å².